The third-order valence-electron chi connectivity index (χ3n) is 6.54. The van der Waals surface area contributed by atoms with Crippen LogP contribution in [0.2, 0.25) is 5.02 Å². The highest BCUT2D eigenvalue weighted by Gasteiger charge is 2.22. The molecular formula is C28H25ClN4O5. The highest BCUT2D eigenvalue weighted by Crippen LogP contribution is 2.28. The Morgan fingerprint density at radius 1 is 1.13 bits per heavy atom. The predicted octanol–water partition coefficient (Wildman–Crippen LogP) is 4.37. The zero-order valence-corrected chi connectivity index (χ0v) is 21.4. The monoisotopic (exact) mass is 532 g/mol. The van der Waals surface area contributed by atoms with Gasteiger partial charge in [-0.1, -0.05) is 23.7 Å². The first-order valence-electron chi connectivity index (χ1n) is 12.1. The van der Waals surface area contributed by atoms with E-state index in [1.54, 1.807) is 78.6 Å². The van der Waals surface area contributed by atoms with E-state index < -0.39 is 11.9 Å². The molecule has 3 heterocycles. The Balaban J connectivity index is 1.38. The molecule has 0 radical (unpaired) electrons. The minimum Gasteiger partial charge on any atom is -0.459 e. The Morgan fingerprint density at radius 3 is 2.63 bits per heavy atom. The normalized spacial score (nSPS) is 14.9. The van der Waals surface area contributed by atoms with Crippen LogP contribution in [-0.4, -0.2) is 53.8 Å². The average Bonchev–Trinajstić information content (AvgIpc) is 3.61. The molecule has 5 rings (SSSR count). The number of carbonyl (C=O) groups is 3. The quantitative estimate of drug-likeness (QED) is 0.353. The van der Waals surface area contributed by atoms with Gasteiger partial charge in [-0.25, -0.2) is 9.31 Å². The minimum atomic E-state index is -0.569. The van der Waals surface area contributed by atoms with Crippen LogP contribution in [0.5, 0.6) is 0 Å². The Labute approximate surface area is 223 Å². The van der Waals surface area contributed by atoms with Gasteiger partial charge in [-0.2, -0.15) is 5.10 Å². The second kappa shape index (κ2) is 10.6. The molecule has 2 N–H and O–H groups in total. The van der Waals surface area contributed by atoms with E-state index in [-0.39, 0.29) is 29.2 Å². The molecule has 2 aromatic heterocycles. The van der Waals surface area contributed by atoms with Crippen molar-refractivity contribution < 1.29 is 23.9 Å². The number of esters is 1. The zero-order chi connectivity index (χ0) is 26.8. The lowest BCUT2D eigenvalue weighted by Crippen LogP contribution is -2.26. The molecule has 0 spiro atoms. The molecule has 194 valence electrons. The van der Waals surface area contributed by atoms with Crippen molar-refractivity contribution >= 4 is 40.6 Å². The number of pyridine rings is 1. The van der Waals surface area contributed by atoms with Gasteiger partial charge in [-0.15, -0.1) is 0 Å². The van der Waals surface area contributed by atoms with Gasteiger partial charge in [-0.3, -0.25) is 9.59 Å². The van der Waals surface area contributed by atoms with Gasteiger partial charge in [-0.05, 0) is 60.9 Å². The number of halogens is 1. The second-order valence-electron chi connectivity index (χ2n) is 9.01. The molecule has 38 heavy (non-hydrogen) atoms. The van der Waals surface area contributed by atoms with Crippen molar-refractivity contribution in [2.75, 3.05) is 25.2 Å². The topological polar surface area (TPSA) is 116 Å². The van der Waals surface area contributed by atoms with Crippen molar-refractivity contribution in [3.8, 4) is 11.1 Å². The SMILES string of the molecule is CN(C(=O)c1ccn2ncc(-c3ccc(C(N)=O)cc3)c2c1)c1ccc(Cl)c(C(=O)OCC2CCCO2)c1. The molecule has 0 aliphatic carbocycles. The maximum Gasteiger partial charge on any atom is 0.339 e. The number of benzene rings is 2. The summed E-state index contributed by atoms with van der Waals surface area (Å²) >= 11 is 6.27. The predicted molar refractivity (Wildman–Crippen MR) is 143 cm³/mol. The molecule has 1 fully saturated rings. The first kappa shape index (κ1) is 25.4. The fourth-order valence-electron chi connectivity index (χ4n) is 4.36. The molecule has 1 atom stereocenters. The number of rotatable bonds is 7. The number of hydrogen-bond acceptors (Lipinski definition) is 6. The molecule has 0 bridgehead atoms. The Hall–Kier alpha value is -4.21. The van der Waals surface area contributed by atoms with Crippen LogP contribution in [-0.2, 0) is 9.47 Å². The summed E-state index contributed by atoms with van der Waals surface area (Å²) in [6, 6.07) is 15.1. The third kappa shape index (κ3) is 5.11. The summed E-state index contributed by atoms with van der Waals surface area (Å²) in [6.45, 7) is 0.826. The van der Waals surface area contributed by atoms with E-state index in [1.165, 1.54) is 4.90 Å². The number of aromatic nitrogens is 2. The first-order chi connectivity index (χ1) is 18.3. The van der Waals surface area contributed by atoms with E-state index in [2.05, 4.69) is 5.10 Å². The lowest BCUT2D eigenvalue weighted by atomic mass is 10.0. The van der Waals surface area contributed by atoms with Crippen LogP contribution < -0.4 is 10.6 Å². The van der Waals surface area contributed by atoms with Crippen LogP contribution in [0.1, 0.15) is 43.9 Å². The van der Waals surface area contributed by atoms with E-state index >= 15 is 0 Å². The van der Waals surface area contributed by atoms with Gasteiger partial charge in [0.2, 0.25) is 5.91 Å². The van der Waals surface area contributed by atoms with Crippen molar-refractivity contribution in [2.45, 2.75) is 18.9 Å². The second-order valence-corrected chi connectivity index (χ2v) is 9.41. The van der Waals surface area contributed by atoms with Crippen LogP contribution in [0.4, 0.5) is 5.69 Å². The summed E-state index contributed by atoms with van der Waals surface area (Å²) in [5.74, 6) is -1.36. The van der Waals surface area contributed by atoms with Crippen molar-refractivity contribution in [3.63, 3.8) is 0 Å². The van der Waals surface area contributed by atoms with Crippen molar-refractivity contribution in [2.24, 2.45) is 5.73 Å². The Kier molecular flexibility index (Phi) is 7.13. The maximum atomic E-state index is 13.4. The van der Waals surface area contributed by atoms with E-state index in [1.807, 2.05) is 0 Å². The molecule has 9 nitrogen and oxygen atoms in total. The van der Waals surface area contributed by atoms with Gasteiger partial charge >= 0.3 is 5.97 Å². The van der Waals surface area contributed by atoms with Crippen LogP contribution in [0, 0.1) is 0 Å². The fourth-order valence-corrected chi connectivity index (χ4v) is 4.56. The summed E-state index contributed by atoms with van der Waals surface area (Å²) in [7, 11) is 1.62. The van der Waals surface area contributed by atoms with Gasteiger partial charge in [0.05, 0.1) is 28.4 Å². The first-order valence-corrected chi connectivity index (χ1v) is 12.4. The molecule has 0 saturated carbocycles. The number of amides is 2. The van der Waals surface area contributed by atoms with Gasteiger partial charge < -0.3 is 20.1 Å². The molecule has 1 aliphatic heterocycles. The highest BCUT2D eigenvalue weighted by molar-refractivity contribution is 6.33. The third-order valence-corrected chi connectivity index (χ3v) is 6.86. The van der Waals surface area contributed by atoms with Crippen molar-refractivity contribution in [1.82, 2.24) is 9.61 Å². The highest BCUT2D eigenvalue weighted by atomic mass is 35.5. The summed E-state index contributed by atoms with van der Waals surface area (Å²) in [6.07, 6.45) is 5.09. The molecule has 2 amide bonds. The standard InChI is InChI=1S/C28H25ClN4O5/c1-32(20-8-9-24(29)22(14-20)28(36)38-16-21-3-2-12-37-21)27(35)19-10-11-33-25(13-19)23(15-31-33)17-4-6-18(7-5-17)26(30)34/h4-11,13-15,21H,2-3,12,16H2,1H3,(H2,30,34). The number of anilines is 1. The van der Waals surface area contributed by atoms with Crippen LogP contribution >= 0.6 is 11.6 Å². The summed E-state index contributed by atoms with van der Waals surface area (Å²) in [5, 5.41) is 4.60. The number of nitrogens with zero attached hydrogens (tertiary/aromatic N) is 3. The number of primary amides is 1. The Morgan fingerprint density at radius 2 is 1.92 bits per heavy atom. The lowest BCUT2D eigenvalue weighted by Gasteiger charge is -2.19. The summed E-state index contributed by atoms with van der Waals surface area (Å²) in [4.78, 5) is 38.9. The van der Waals surface area contributed by atoms with Gasteiger partial charge in [0.15, 0.2) is 0 Å². The van der Waals surface area contributed by atoms with Crippen molar-refractivity contribution in [1.29, 1.82) is 0 Å². The van der Waals surface area contributed by atoms with Gasteiger partial charge in [0.25, 0.3) is 5.91 Å². The van der Waals surface area contributed by atoms with E-state index in [4.69, 9.17) is 26.8 Å². The fraction of sp³-hybridized carbons (Fsp3) is 0.214. The summed E-state index contributed by atoms with van der Waals surface area (Å²) in [5.41, 5.74) is 9.16. The summed E-state index contributed by atoms with van der Waals surface area (Å²) < 4.78 is 12.6. The number of ether oxygens (including phenoxy) is 2. The van der Waals surface area contributed by atoms with E-state index in [0.717, 1.165) is 24.0 Å². The van der Waals surface area contributed by atoms with Crippen molar-refractivity contribution in [3.05, 3.63) is 88.7 Å². The smallest absolute Gasteiger partial charge is 0.339 e. The van der Waals surface area contributed by atoms with Crippen LogP contribution in [0.25, 0.3) is 16.6 Å². The van der Waals surface area contributed by atoms with E-state index in [9.17, 15) is 14.4 Å². The number of carbonyl (C=O) groups excluding carboxylic acids is 3. The molecule has 1 unspecified atom stereocenters. The number of fused-ring (bicyclic) bond motifs is 1. The van der Waals surface area contributed by atoms with Gasteiger partial charge in [0.1, 0.15) is 6.61 Å². The molecule has 4 aromatic rings. The molecule has 1 saturated heterocycles. The number of nitrogens with two attached hydrogens (primary N) is 1. The maximum absolute atomic E-state index is 13.4. The van der Waals surface area contributed by atoms with Crippen LogP contribution in [0.15, 0.2) is 67.0 Å². The lowest BCUT2D eigenvalue weighted by molar-refractivity contribution is 0.0161. The number of hydrogen-bond donors (Lipinski definition) is 1. The van der Waals surface area contributed by atoms with Gasteiger partial charge in [0, 0.05) is 42.2 Å². The minimum absolute atomic E-state index is 0.102. The largest absolute Gasteiger partial charge is 0.459 e. The molecule has 2 aromatic carbocycles. The van der Waals surface area contributed by atoms with Crippen LogP contribution in [0.3, 0.4) is 0 Å². The zero-order valence-electron chi connectivity index (χ0n) is 20.6. The van der Waals surface area contributed by atoms with E-state index in [0.29, 0.717) is 28.9 Å². The molecular weight excluding hydrogens is 508 g/mol. The molecule has 10 heteroatoms. The Bertz CT molecular complexity index is 1530. The molecule has 1 aliphatic rings. The average molecular weight is 533 g/mol.